The maximum Gasteiger partial charge on any atom is 0.143 e. The Morgan fingerprint density at radius 3 is 1.41 bits per heavy atom. The number of furan rings is 2. The Bertz CT molecular complexity index is 3990. The summed E-state index contributed by atoms with van der Waals surface area (Å²) in [5, 5.41) is 11.9. The van der Waals surface area contributed by atoms with Crippen molar-refractivity contribution in [2.24, 2.45) is 0 Å². The van der Waals surface area contributed by atoms with Crippen LogP contribution in [0.4, 0.5) is 0 Å². The summed E-state index contributed by atoms with van der Waals surface area (Å²) >= 11 is 0. The number of aryl methyl sites for hydroxylation is 1. The zero-order valence-corrected chi connectivity index (χ0v) is 34.5. The Morgan fingerprint density at radius 1 is 0.270 bits per heavy atom. The number of fused-ring (bicyclic) bond motifs is 9. The van der Waals surface area contributed by atoms with E-state index in [1.807, 2.05) is 12.1 Å². The molecule has 0 spiro atoms. The number of benzene rings is 11. The first kappa shape index (κ1) is 35.5. The minimum atomic E-state index is 0.904. The van der Waals surface area contributed by atoms with Crippen molar-refractivity contribution in [2.45, 2.75) is 6.92 Å². The van der Waals surface area contributed by atoms with E-state index < -0.39 is 0 Å². The van der Waals surface area contributed by atoms with Crippen LogP contribution in [0.2, 0.25) is 0 Å². The third-order valence-electron chi connectivity index (χ3n) is 13.2. The molecular weight excluding hydrogens is 765 g/mol. The molecule has 11 aromatic carbocycles. The van der Waals surface area contributed by atoms with Gasteiger partial charge in [0.15, 0.2) is 0 Å². The van der Waals surface area contributed by atoms with Gasteiger partial charge in [-0.1, -0.05) is 182 Å². The summed E-state index contributed by atoms with van der Waals surface area (Å²) in [6.07, 6.45) is 0. The molecule has 0 amide bonds. The van der Waals surface area contributed by atoms with E-state index in [0.717, 1.165) is 71.7 Å². The molecule has 0 aliphatic carbocycles. The van der Waals surface area contributed by atoms with Gasteiger partial charge in [0.25, 0.3) is 0 Å². The first-order valence-electron chi connectivity index (χ1n) is 21.7. The fourth-order valence-corrected chi connectivity index (χ4v) is 10.3. The van der Waals surface area contributed by atoms with Crippen LogP contribution in [-0.2, 0) is 0 Å². The lowest BCUT2D eigenvalue weighted by Gasteiger charge is -2.19. The van der Waals surface area contributed by atoms with Gasteiger partial charge < -0.3 is 8.83 Å². The Balaban J connectivity index is 1.06. The van der Waals surface area contributed by atoms with Crippen molar-refractivity contribution in [1.29, 1.82) is 0 Å². The van der Waals surface area contributed by atoms with Gasteiger partial charge in [0.1, 0.15) is 22.3 Å². The summed E-state index contributed by atoms with van der Waals surface area (Å²) in [6.45, 7) is 2.20. The second-order valence-corrected chi connectivity index (χ2v) is 16.8. The fraction of sp³-hybridized carbons (Fsp3) is 0.0164. The standard InChI is InChI=1S/C61H38O2/c1-37-32-33-41(35-54(37)53-29-13-28-52-47-20-5-7-31-58(47)63-61(52)53)44-22-11-26-50-56(44)36-55-43(21-10-25-49(55)59(50)48-24-9-15-38-14-2-3-18-42(38)48)39-16-8-17-40(34-39)45-23-12-27-51-46-19-4-6-30-57(46)62-60(45)51/h2-36H,1H3. The van der Waals surface area contributed by atoms with Crippen LogP contribution < -0.4 is 0 Å². The molecule has 0 N–H and O–H groups in total. The molecule has 2 nitrogen and oxygen atoms in total. The molecule has 0 atom stereocenters. The number of rotatable bonds is 5. The Labute approximate surface area is 363 Å². The van der Waals surface area contributed by atoms with E-state index >= 15 is 0 Å². The molecule has 0 fully saturated rings. The lowest BCUT2D eigenvalue weighted by Crippen LogP contribution is -1.92. The van der Waals surface area contributed by atoms with Gasteiger partial charge in [0.2, 0.25) is 0 Å². The van der Waals surface area contributed by atoms with Crippen LogP contribution in [0.3, 0.4) is 0 Å². The van der Waals surface area contributed by atoms with Crippen molar-refractivity contribution in [3.63, 3.8) is 0 Å². The smallest absolute Gasteiger partial charge is 0.143 e. The van der Waals surface area contributed by atoms with Gasteiger partial charge in [0.05, 0.1) is 0 Å². The molecular formula is C61H38O2. The van der Waals surface area contributed by atoms with Gasteiger partial charge in [-0.15, -0.1) is 0 Å². The Morgan fingerprint density at radius 2 is 0.730 bits per heavy atom. The summed E-state index contributed by atoms with van der Waals surface area (Å²) in [7, 11) is 0. The predicted octanol–water partition coefficient (Wildman–Crippen LogP) is 17.6. The minimum Gasteiger partial charge on any atom is -0.455 e. The highest BCUT2D eigenvalue weighted by atomic mass is 16.3. The second kappa shape index (κ2) is 13.9. The van der Waals surface area contributed by atoms with Gasteiger partial charge in [-0.2, -0.15) is 0 Å². The maximum atomic E-state index is 6.58. The summed E-state index contributed by atoms with van der Waals surface area (Å²) in [6, 6.07) is 77.0. The molecule has 0 bridgehead atoms. The highest BCUT2D eigenvalue weighted by molar-refractivity contribution is 6.22. The molecule has 2 aromatic heterocycles. The monoisotopic (exact) mass is 802 g/mol. The zero-order valence-electron chi connectivity index (χ0n) is 34.5. The molecule has 13 aromatic rings. The van der Waals surface area contributed by atoms with E-state index in [-0.39, 0.29) is 0 Å². The third-order valence-corrected chi connectivity index (χ3v) is 13.2. The molecule has 63 heavy (non-hydrogen) atoms. The van der Waals surface area contributed by atoms with E-state index in [2.05, 4.69) is 207 Å². The zero-order chi connectivity index (χ0) is 41.6. The van der Waals surface area contributed by atoms with Crippen LogP contribution in [0.1, 0.15) is 5.56 Å². The van der Waals surface area contributed by atoms with Crippen LogP contribution in [0.15, 0.2) is 221 Å². The van der Waals surface area contributed by atoms with Crippen molar-refractivity contribution >= 4 is 76.2 Å². The van der Waals surface area contributed by atoms with Gasteiger partial charge in [-0.25, -0.2) is 0 Å². The summed E-state index contributed by atoms with van der Waals surface area (Å²) < 4.78 is 13.1. The predicted molar refractivity (Wildman–Crippen MR) is 265 cm³/mol. The highest BCUT2D eigenvalue weighted by Gasteiger charge is 2.20. The third kappa shape index (κ3) is 5.51. The van der Waals surface area contributed by atoms with E-state index in [9.17, 15) is 0 Å². The number of para-hydroxylation sites is 4. The summed E-state index contributed by atoms with van der Waals surface area (Å²) in [5.74, 6) is 0. The average Bonchev–Trinajstić information content (AvgIpc) is 3.92. The van der Waals surface area contributed by atoms with Crippen LogP contribution in [-0.4, -0.2) is 0 Å². The molecule has 0 aliphatic heterocycles. The molecule has 13 rings (SSSR count). The fourth-order valence-electron chi connectivity index (χ4n) is 10.3. The Hall–Kier alpha value is -8.20. The van der Waals surface area contributed by atoms with Crippen molar-refractivity contribution in [3.8, 4) is 55.6 Å². The van der Waals surface area contributed by atoms with Crippen LogP contribution >= 0.6 is 0 Å². The molecule has 2 heteroatoms. The summed E-state index contributed by atoms with van der Waals surface area (Å²) in [5.41, 5.74) is 16.5. The molecule has 0 aliphatic rings. The van der Waals surface area contributed by atoms with Gasteiger partial charge >= 0.3 is 0 Å². The molecule has 294 valence electrons. The van der Waals surface area contributed by atoms with Crippen molar-refractivity contribution in [3.05, 3.63) is 218 Å². The van der Waals surface area contributed by atoms with E-state index in [1.54, 1.807) is 0 Å². The van der Waals surface area contributed by atoms with Crippen molar-refractivity contribution in [1.82, 2.24) is 0 Å². The first-order chi connectivity index (χ1) is 31.2. The SMILES string of the molecule is Cc1ccc(-c2cccc3c(-c4cccc5ccccc45)c4cccc(-c5cccc(-c6cccc7c6oc6ccccc67)c5)c4cc23)cc1-c1cccc2c1oc1ccccc12. The Kier molecular flexibility index (Phi) is 7.85. The average molecular weight is 803 g/mol. The molecule has 0 saturated heterocycles. The topological polar surface area (TPSA) is 26.3 Å². The van der Waals surface area contributed by atoms with Crippen molar-refractivity contribution < 1.29 is 8.83 Å². The molecule has 0 radical (unpaired) electrons. The maximum absolute atomic E-state index is 6.58. The second-order valence-electron chi connectivity index (χ2n) is 16.8. The summed E-state index contributed by atoms with van der Waals surface area (Å²) in [4.78, 5) is 0. The molecule has 0 unspecified atom stereocenters. The lowest BCUT2D eigenvalue weighted by atomic mass is 9.84. The molecule has 2 heterocycles. The van der Waals surface area contributed by atoms with E-state index in [4.69, 9.17) is 8.83 Å². The van der Waals surface area contributed by atoms with Crippen LogP contribution in [0.25, 0.3) is 132 Å². The minimum absolute atomic E-state index is 0.904. The highest BCUT2D eigenvalue weighted by Crippen LogP contribution is 2.47. The lowest BCUT2D eigenvalue weighted by molar-refractivity contribution is 0.669. The van der Waals surface area contributed by atoms with Crippen LogP contribution in [0.5, 0.6) is 0 Å². The number of hydrogen-bond acceptors (Lipinski definition) is 2. The van der Waals surface area contributed by atoms with Crippen molar-refractivity contribution in [2.75, 3.05) is 0 Å². The van der Waals surface area contributed by atoms with E-state index in [0.29, 0.717) is 0 Å². The van der Waals surface area contributed by atoms with E-state index in [1.165, 1.54) is 65.7 Å². The van der Waals surface area contributed by atoms with Crippen LogP contribution in [0, 0.1) is 6.92 Å². The largest absolute Gasteiger partial charge is 0.455 e. The molecule has 0 saturated carbocycles. The van der Waals surface area contributed by atoms with Gasteiger partial charge in [0, 0.05) is 32.7 Å². The number of hydrogen-bond donors (Lipinski definition) is 0. The quantitative estimate of drug-likeness (QED) is 0.162. The first-order valence-corrected chi connectivity index (χ1v) is 21.7. The van der Waals surface area contributed by atoms with Gasteiger partial charge in [-0.3, -0.25) is 0 Å². The normalized spacial score (nSPS) is 11.9. The van der Waals surface area contributed by atoms with Gasteiger partial charge in [-0.05, 0) is 120 Å².